The van der Waals surface area contributed by atoms with Crippen LogP contribution in [0.25, 0.3) is 0 Å². The van der Waals surface area contributed by atoms with Crippen LogP contribution in [-0.4, -0.2) is 21.8 Å². The average Bonchev–Trinajstić information content (AvgIpc) is 2.15. The van der Waals surface area contributed by atoms with Gasteiger partial charge in [-0.25, -0.2) is 9.78 Å². The van der Waals surface area contributed by atoms with Gasteiger partial charge in [-0.15, -0.1) is 6.42 Å². The first-order chi connectivity index (χ1) is 6.24. The van der Waals surface area contributed by atoms with Crippen molar-refractivity contribution >= 4 is 17.7 Å². The lowest BCUT2D eigenvalue weighted by atomic mass is 10.3. The van der Waals surface area contributed by atoms with Gasteiger partial charge in [0, 0.05) is 6.20 Å². The van der Waals surface area contributed by atoms with Crippen molar-refractivity contribution in [2.45, 2.75) is 5.03 Å². The maximum atomic E-state index is 10.4. The summed E-state index contributed by atoms with van der Waals surface area (Å²) in [5.74, 6) is 2.03. The zero-order valence-electron chi connectivity index (χ0n) is 6.73. The SMILES string of the molecule is C#CCSc1ccc(C(=O)O)cn1. The lowest BCUT2D eigenvalue weighted by molar-refractivity contribution is 0.0696. The Labute approximate surface area is 80.2 Å². The fourth-order valence-corrected chi connectivity index (χ4v) is 1.23. The van der Waals surface area contributed by atoms with E-state index in [0.717, 1.165) is 5.03 Å². The van der Waals surface area contributed by atoms with E-state index in [0.29, 0.717) is 5.75 Å². The molecule has 1 heterocycles. The second-order valence-corrected chi connectivity index (χ2v) is 3.18. The van der Waals surface area contributed by atoms with E-state index in [-0.39, 0.29) is 5.56 Å². The van der Waals surface area contributed by atoms with Gasteiger partial charge in [-0.05, 0) is 12.1 Å². The van der Waals surface area contributed by atoms with Crippen LogP contribution >= 0.6 is 11.8 Å². The third-order valence-corrected chi connectivity index (χ3v) is 2.13. The summed E-state index contributed by atoms with van der Waals surface area (Å²) in [4.78, 5) is 14.4. The van der Waals surface area contributed by atoms with Crippen LogP contribution in [0.3, 0.4) is 0 Å². The van der Waals surface area contributed by atoms with Crippen LogP contribution in [0.15, 0.2) is 23.4 Å². The third-order valence-electron chi connectivity index (χ3n) is 1.29. The molecule has 0 saturated carbocycles. The van der Waals surface area contributed by atoms with Crippen molar-refractivity contribution in [1.82, 2.24) is 4.98 Å². The smallest absolute Gasteiger partial charge is 0.337 e. The monoisotopic (exact) mass is 193 g/mol. The third kappa shape index (κ3) is 2.80. The second kappa shape index (κ2) is 4.53. The minimum atomic E-state index is -0.971. The molecule has 0 radical (unpaired) electrons. The molecule has 1 aromatic heterocycles. The first kappa shape index (κ1) is 9.62. The fraction of sp³-hybridized carbons (Fsp3) is 0.111. The summed E-state index contributed by atoms with van der Waals surface area (Å²) < 4.78 is 0. The summed E-state index contributed by atoms with van der Waals surface area (Å²) in [6.45, 7) is 0. The standard InChI is InChI=1S/C9H7NO2S/c1-2-5-13-8-4-3-7(6-10-8)9(11)12/h1,3-4,6H,5H2,(H,11,12). The van der Waals surface area contributed by atoms with Crippen molar-refractivity contribution in [3.63, 3.8) is 0 Å². The first-order valence-corrected chi connectivity index (χ1v) is 4.48. The van der Waals surface area contributed by atoms with Crippen molar-refractivity contribution in [2.24, 2.45) is 0 Å². The van der Waals surface area contributed by atoms with Crippen LogP contribution in [0, 0.1) is 12.3 Å². The fourth-order valence-electron chi connectivity index (χ4n) is 0.708. The molecule has 0 spiro atoms. The molecule has 3 nitrogen and oxygen atoms in total. The summed E-state index contributed by atoms with van der Waals surface area (Å²) in [6, 6.07) is 3.15. The van der Waals surface area contributed by atoms with E-state index in [4.69, 9.17) is 11.5 Å². The molecule has 0 aliphatic carbocycles. The molecule has 0 aliphatic heterocycles. The number of carboxylic acids is 1. The van der Waals surface area contributed by atoms with E-state index in [1.54, 1.807) is 6.07 Å². The molecule has 1 N–H and O–H groups in total. The van der Waals surface area contributed by atoms with Crippen LogP contribution in [0.4, 0.5) is 0 Å². The van der Waals surface area contributed by atoms with Crippen LogP contribution in [0.5, 0.6) is 0 Å². The molecule has 13 heavy (non-hydrogen) atoms. The molecule has 4 heteroatoms. The molecule has 0 aromatic carbocycles. The largest absolute Gasteiger partial charge is 0.478 e. The lowest BCUT2D eigenvalue weighted by Gasteiger charge is -1.96. The molecule has 1 rings (SSSR count). The molecule has 66 valence electrons. The summed E-state index contributed by atoms with van der Waals surface area (Å²) in [7, 11) is 0. The number of thioether (sulfide) groups is 1. The van der Waals surface area contributed by atoms with Gasteiger partial charge in [0.1, 0.15) is 0 Å². The zero-order chi connectivity index (χ0) is 9.68. The lowest BCUT2D eigenvalue weighted by Crippen LogP contribution is -1.96. The Kier molecular flexibility index (Phi) is 3.35. The zero-order valence-corrected chi connectivity index (χ0v) is 7.54. The van der Waals surface area contributed by atoms with E-state index in [1.165, 1.54) is 24.0 Å². The number of hydrogen-bond donors (Lipinski definition) is 1. The number of aromatic carboxylic acids is 1. The number of pyridine rings is 1. The molecule has 0 unspecified atom stereocenters. The van der Waals surface area contributed by atoms with Gasteiger partial charge >= 0.3 is 5.97 Å². The highest BCUT2D eigenvalue weighted by molar-refractivity contribution is 7.99. The number of nitrogens with zero attached hydrogens (tertiary/aromatic N) is 1. The number of aromatic nitrogens is 1. The van der Waals surface area contributed by atoms with E-state index in [2.05, 4.69) is 10.9 Å². The molecular formula is C9H7NO2S. The Morgan fingerprint density at radius 2 is 2.46 bits per heavy atom. The summed E-state index contributed by atoms with van der Waals surface area (Å²) in [6.07, 6.45) is 6.38. The molecule has 1 aromatic rings. The van der Waals surface area contributed by atoms with Gasteiger partial charge in [0.05, 0.1) is 16.3 Å². The minimum Gasteiger partial charge on any atom is -0.478 e. The summed E-state index contributed by atoms with van der Waals surface area (Å²) in [5.41, 5.74) is 0.185. The molecule has 0 bridgehead atoms. The highest BCUT2D eigenvalue weighted by Crippen LogP contribution is 2.14. The van der Waals surface area contributed by atoms with Gasteiger partial charge in [0.15, 0.2) is 0 Å². The highest BCUT2D eigenvalue weighted by Gasteiger charge is 2.02. The Balaban J connectivity index is 2.71. The molecule has 0 fully saturated rings. The molecule has 0 amide bonds. The number of terminal acetylenes is 1. The van der Waals surface area contributed by atoms with Gasteiger partial charge in [-0.1, -0.05) is 17.7 Å². The molecule has 0 saturated heterocycles. The number of carbonyl (C=O) groups is 1. The van der Waals surface area contributed by atoms with Gasteiger partial charge in [-0.3, -0.25) is 0 Å². The van der Waals surface area contributed by atoms with Crippen molar-refractivity contribution in [3.05, 3.63) is 23.9 Å². The van der Waals surface area contributed by atoms with Gasteiger partial charge in [0.25, 0.3) is 0 Å². The van der Waals surface area contributed by atoms with Gasteiger partial charge in [-0.2, -0.15) is 0 Å². The number of rotatable bonds is 3. The van der Waals surface area contributed by atoms with E-state index < -0.39 is 5.97 Å². The maximum absolute atomic E-state index is 10.4. The summed E-state index contributed by atoms with van der Waals surface area (Å²) >= 11 is 1.40. The van der Waals surface area contributed by atoms with Gasteiger partial charge < -0.3 is 5.11 Å². The predicted octanol–water partition coefficient (Wildman–Crippen LogP) is 1.51. The predicted molar refractivity (Wildman–Crippen MR) is 50.8 cm³/mol. The molecular weight excluding hydrogens is 186 g/mol. The molecule has 0 aliphatic rings. The van der Waals surface area contributed by atoms with E-state index in [9.17, 15) is 4.79 Å². The van der Waals surface area contributed by atoms with E-state index in [1.807, 2.05) is 0 Å². The minimum absolute atomic E-state index is 0.185. The van der Waals surface area contributed by atoms with Crippen LogP contribution in [-0.2, 0) is 0 Å². The Morgan fingerprint density at radius 3 is 2.92 bits per heavy atom. The normalized spacial score (nSPS) is 9.15. The molecule has 0 atom stereocenters. The van der Waals surface area contributed by atoms with Crippen LogP contribution in [0.2, 0.25) is 0 Å². The van der Waals surface area contributed by atoms with Gasteiger partial charge in [0.2, 0.25) is 0 Å². The van der Waals surface area contributed by atoms with E-state index >= 15 is 0 Å². The first-order valence-electron chi connectivity index (χ1n) is 3.49. The van der Waals surface area contributed by atoms with Crippen LogP contribution in [0.1, 0.15) is 10.4 Å². The number of carboxylic acid groups (broad SMARTS) is 1. The number of hydrogen-bond acceptors (Lipinski definition) is 3. The quantitative estimate of drug-likeness (QED) is 0.584. The van der Waals surface area contributed by atoms with Crippen LogP contribution < -0.4 is 0 Å². The summed E-state index contributed by atoms with van der Waals surface area (Å²) in [5, 5.41) is 9.31. The Morgan fingerprint density at radius 1 is 1.69 bits per heavy atom. The average molecular weight is 193 g/mol. The highest BCUT2D eigenvalue weighted by atomic mass is 32.2. The topological polar surface area (TPSA) is 50.2 Å². The van der Waals surface area contributed by atoms with Crippen molar-refractivity contribution in [1.29, 1.82) is 0 Å². The second-order valence-electron chi connectivity index (χ2n) is 2.18. The Hall–Kier alpha value is -1.47. The Bertz CT molecular complexity index is 340. The maximum Gasteiger partial charge on any atom is 0.337 e. The van der Waals surface area contributed by atoms with Crippen molar-refractivity contribution in [2.75, 3.05) is 5.75 Å². The van der Waals surface area contributed by atoms with Crippen molar-refractivity contribution in [3.8, 4) is 12.3 Å². The van der Waals surface area contributed by atoms with Crippen molar-refractivity contribution < 1.29 is 9.90 Å².